The Labute approximate surface area is 159 Å². The first-order chi connectivity index (χ1) is 13.1. The summed E-state index contributed by atoms with van der Waals surface area (Å²) in [7, 11) is 0. The highest BCUT2D eigenvalue weighted by Gasteiger charge is 2.60. The largest absolute Gasteiger partial charge is 0.508 e. The molecule has 6 nitrogen and oxygen atoms in total. The second-order valence-electron chi connectivity index (χ2n) is 8.33. The number of benzene rings is 1. The number of esters is 1. The summed E-state index contributed by atoms with van der Waals surface area (Å²) in [5.74, 6) is -7.95. The third-order valence-corrected chi connectivity index (χ3v) is 6.46. The highest BCUT2D eigenvalue weighted by molar-refractivity contribution is 5.90. The van der Waals surface area contributed by atoms with Crippen LogP contribution < -0.4 is 0 Å². The second-order valence-corrected chi connectivity index (χ2v) is 8.33. The van der Waals surface area contributed by atoms with E-state index in [4.69, 9.17) is 9.84 Å². The molecule has 4 bridgehead atoms. The van der Waals surface area contributed by atoms with Gasteiger partial charge in [-0.3, -0.25) is 9.59 Å². The van der Waals surface area contributed by atoms with Gasteiger partial charge in [-0.05, 0) is 55.7 Å². The van der Waals surface area contributed by atoms with E-state index in [1.165, 1.54) is 0 Å². The number of ketones is 1. The lowest BCUT2D eigenvalue weighted by molar-refractivity contribution is -0.206. The molecule has 2 N–H and O–H groups in total. The van der Waals surface area contributed by atoms with Gasteiger partial charge in [-0.25, -0.2) is 4.79 Å². The van der Waals surface area contributed by atoms with Crippen molar-refractivity contribution in [1.82, 2.24) is 0 Å². The van der Waals surface area contributed by atoms with Crippen molar-refractivity contribution in [2.24, 2.45) is 23.2 Å². The van der Waals surface area contributed by atoms with E-state index in [1.807, 2.05) is 0 Å². The van der Waals surface area contributed by atoms with Crippen LogP contribution in [0.1, 0.15) is 43.8 Å². The predicted octanol–water partition coefficient (Wildman–Crippen LogP) is 3.09. The van der Waals surface area contributed by atoms with E-state index in [0.29, 0.717) is 6.42 Å². The fraction of sp³-hybridized carbons (Fsp3) is 0.550. The first kappa shape index (κ1) is 18.8. The normalized spacial score (nSPS) is 32.2. The Hall–Kier alpha value is -2.51. The lowest BCUT2D eigenvalue weighted by atomic mass is 9.49. The Morgan fingerprint density at radius 1 is 1.11 bits per heavy atom. The fourth-order valence-electron chi connectivity index (χ4n) is 5.34. The number of alkyl halides is 2. The Morgan fingerprint density at radius 2 is 1.68 bits per heavy atom. The average molecular weight is 394 g/mol. The third-order valence-electron chi connectivity index (χ3n) is 6.46. The lowest BCUT2D eigenvalue weighted by Crippen LogP contribution is -2.55. The number of aliphatic carboxylic acids is 1. The van der Waals surface area contributed by atoms with Crippen LogP contribution in [-0.2, 0) is 19.1 Å². The van der Waals surface area contributed by atoms with Crippen molar-refractivity contribution < 1.29 is 38.1 Å². The number of Topliss-reactive ketones (excluding diaryl/α,β-unsaturated/α-hetero) is 1. The molecular formula is C20H20F2O6. The van der Waals surface area contributed by atoms with E-state index >= 15 is 0 Å². The van der Waals surface area contributed by atoms with Crippen LogP contribution in [0.3, 0.4) is 0 Å². The van der Waals surface area contributed by atoms with E-state index in [2.05, 4.69) is 0 Å². The Kier molecular flexibility index (Phi) is 4.21. The van der Waals surface area contributed by atoms with Crippen LogP contribution in [0.5, 0.6) is 5.75 Å². The van der Waals surface area contributed by atoms with Crippen LogP contribution in [0.4, 0.5) is 8.78 Å². The van der Waals surface area contributed by atoms with Gasteiger partial charge in [0.1, 0.15) is 11.5 Å². The maximum Gasteiger partial charge on any atom is 0.382 e. The summed E-state index contributed by atoms with van der Waals surface area (Å²) in [5, 5.41) is 18.3. The topological polar surface area (TPSA) is 101 Å². The smallest absolute Gasteiger partial charge is 0.382 e. The van der Waals surface area contributed by atoms with Gasteiger partial charge >= 0.3 is 17.9 Å². The summed E-state index contributed by atoms with van der Waals surface area (Å²) in [6.45, 7) is 0. The van der Waals surface area contributed by atoms with Gasteiger partial charge in [0.25, 0.3) is 0 Å². The van der Waals surface area contributed by atoms with E-state index < -0.39 is 29.4 Å². The number of aromatic hydroxyl groups is 1. The lowest BCUT2D eigenvalue weighted by Gasteiger charge is -2.54. The molecule has 0 saturated heterocycles. The number of carboxylic acid groups (broad SMARTS) is 1. The molecule has 3 unspecified atom stereocenters. The molecule has 5 rings (SSSR count). The number of hydrogen-bond acceptors (Lipinski definition) is 5. The molecule has 0 spiro atoms. The van der Waals surface area contributed by atoms with Crippen LogP contribution in [0.15, 0.2) is 24.3 Å². The van der Waals surface area contributed by atoms with Crippen molar-refractivity contribution in [3.8, 4) is 5.75 Å². The number of carboxylic acids is 1. The van der Waals surface area contributed by atoms with Crippen molar-refractivity contribution in [2.45, 2.75) is 44.1 Å². The third kappa shape index (κ3) is 2.86. The number of hydrogen-bond donors (Lipinski definition) is 2. The Balaban J connectivity index is 1.64. The zero-order valence-electron chi connectivity index (χ0n) is 14.9. The number of carbonyl (C=O) groups is 3. The number of phenolic OH excluding ortho intramolecular Hbond substituents is 1. The summed E-state index contributed by atoms with van der Waals surface area (Å²) in [5.41, 5.74) is -1.23. The Morgan fingerprint density at radius 3 is 2.21 bits per heavy atom. The summed E-state index contributed by atoms with van der Waals surface area (Å²) < 4.78 is 34.0. The quantitative estimate of drug-likeness (QED) is 0.745. The second kappa shape index (κ2) is 6.25. The monoisotopic (exact) mass is 394 g/mol. The maximum absolute atomic E-state index is 14.4. The molecule has 4 aliphatic rings. The average Bonchev–Trinajstić information content (AvgIpc) is 2.63. The minimum atomic E-state index is -4.34. The number of rotatable bonds is 5. The standard InChI is InChI=1S/C20H20F2O6/c21-20(22,17(25)26)16(11-1-3-14(23)4-2-11)28-18(27)19-7-10-5-12(8-19)15(24)13(6-10)9-19/h1-4,10,12-13,16,23H,5-9H2,(H,25,26). The van der Waals surface area contributed by atoms with E-state index in [1.54, 1.807) is 0 Å². The first-order valence-electron chi connectivity index (χ1n) is 9.27. The molecule has 0 aliphatic heterocycles. The number of ether oxygens (including phenoxy) is 1. The van der Waals surface area contributed by atoms with Gasteiger partial charge in [0, 0.05) is 11.8 Å². The maximum atomic E-state index is 14.4. The molecule has 0 amide bonds. The number of carbonyl (C=O) groups excluding carboxylic acids is 2. The van der Waals surface area contributed by atoms with E-state index in [0.717, 1.165) is 37.1 Å². The van der Waals surface area contributed by atoms with Crippen molar-refractivity contribution in [1.29, 1.82) is 0 Å². The summed E-state index contributed by atoms with van der Waals surface area (Å²) in [6.07, 6.45) is 0.153. The van der Waals surface area contributed by atoms with Crippen molar-refractivity contribution in [3.05, 3.63) is 29.8 Å². The Bertz CT molecular complexity index is 816. The highest BCUT2D eigenvalue weighted by atomic mass is 19.3. The van der Waals surface area contributed by atoms with E-state index in [-0.39, 0.29) is 47.7 Å². The fourth-order valence-corrected chi connectivity index (χ4v) is 5.34. The van der Waals surface area contributed by atoms with Crippen LogP contribution >= 0.6 is 0 Å². The predicted molar refractivity (Wildman–Crippen MR) is 90.5 cm³/mol. The highest BCUT2D eigenvalue weighted by Crippen LogP contribution is 2.59. The number of phenols is 1. The minimum absolute atomic E-state index is 0.144. The molecule has 4 saturated carbocycles. The molecule has 0 radical (unpaired) electrons. The van der Waals surface area contributed by atoms with Crippen molar-refractivity contribution >= 4 is 17.7 Å². The van der Waals surface area contributed by atoms with Crippen LogP contribution in [0.2, 0.25) is 0 Å². The van der Waals surface area contributed by atoms with Gasteiger partial charge in [-0.1, -0.05) is 12.1 Å². The number of halogens is 2. The zero-order valence-corrected chi connectivity index (χ0v) is 14.9. The van der Waals surface area contributed by atoms with Gasteiger partial charge < -0.3 is 14.9 Å². The van der Waals surface area contributed by atoms with Gasteiger partial charge in [0.15, 0.2) is 0 Å². The van der Waals surface area contributed by atoms with Gasteiger partial charge in [-0.2, -0.15) is 8.78 Å². The molecule has 8 heteroatoms. The van der Waals surface area contributed by atoms with Crippen molar-refractivity contribution in [3.63, 3.8) is 0 Å². The molecule has 28 heavy (non-hydrogen) atoms. The molecule has 1 aromatic carbocycles. The SMILES string of the molecule is O=C1C2CC3CC1CC(C(=O)OC(c1ccc(O)cc1)C(F)(F)C(=O)O)(C3)C2. The summed E-state index contributed by atoms with van der Waals surface area (Å²) >= 11 is 0. The van der Waals surface area contributed by atoms with E-state index in [9.17, 15) is 28.3 Å². The van der Waals surface area contributed by atoms with Gasteiger partial charge in [0.2, 0.25) is 6.10 Å². The minimum Gasteiger partial charge on any atom is -0.508 e. The van der Waals surface area contributed by atoms with Crippen LogP contribution in [0.25, 0.3) is 0 Å². The van der Waals surface area contributed by atoms with Crippen molar-refractivity contribution in [2.75, 3.05) is 0 Å². The summed E-state index contributed by atoms with van der Waals surface area (Å²) in [4.78, 5) is 36.4. The van der Waals surface area contributed by atoms with Crippen LogP contribution in [-0.4, -0.2) is 33.9 Å². The molecule has 4 fully saturated rings. The molecule has 0 aromatic heterocycles. The molecule has 1 aromatic rings. The van der Waals surface area contributed by atoms with Gasteiger partial charge in [0.05, 0.1) is 5.41 Å². The zero-order chi connectivity index (χ0) is 20.3. The first-order valence-corrected chi connectivity index (χ1v) is 9.27. The molecule has 3 atom stereocenters. The molecular weight excluding hydrogens is 374 g/mol. The molecule has 4 aliphatic carbocycles. The molecule has 0 heterocycles. The van der Waals surface area contributed by atoms with Gasteiger partial charge in [-0.15, -0.1) is 0 Å². The summed E-state index contributed by atoms with van der Waals surface area (Å²) in [6, 6.07) is 4.45. The molecule has 150 valence electrons. The van der Waals surface area contributed by atoms with Crippen LogP contribution in [0, 0.1) is 23.2 Å².